The van der Waals surface area contributed by atoms with Gasteiger partial charge in [0.15, 0.2) is 0 Å². The van der Waals surface area contributed by atoms with Gasteiger partial charge in [-0.1, -0.05) is 146 Å². The number of unbranched alkanes of at least 4 members (excludes halogenated alkanes) is 7. The first-order valence-electron chi connectivity index (χ1n) is 16.5. The second kappa shape index (κ2) is 16.6. The molecule has 3 aromatic carbocycles. The summed E-state index contributed by atoms with van der Waals surface area (Å²) in [5.74, 6) is 7.97. The van der Waals surface area contributed by atoms with Gasteiger partial charge < -0.3 is 0 Å². The first-order valence-corrected chi connectivity index (χ1v) is 16.5. The summed E-state index contributed by atoms with van der Waals surface area (Å²) in [5.41, 5.74) is 4.12. The van der Waals surface area contributed by atoms with Crippen molar-refractivity contribution in [1.29, 1.82) is 0 Å². The van der Waals surface area contributed by atoms with Gasteiger partial charge in [0.2, 0.25) is 0 Å². The topological polar surface area (TPSA) is 0 Å². The third-order valence-electron chi connectivity index (χ3n) is 9.16. The zero-order valence-electron chi connectivity index (χ0n) is 25.2. The lowest BCUT2D eigenvalue weighted by atomic mass is 9.77. The number of rotatable bonds is 14. The van der Waals surface area contributed by atoms with Gasteiger partial charge in [-0.05, 0) is 72.2 Å². The molecule has 1 saturated carbocycles. The van der Waals surface area contributed by atoms with E-state index < -0.39 is 0 Å². The van der Waals surface area contributed by atoms with Gasteiger partial charge in [-0.3, -0.25) is 0 Å². The third kappa shape index (κ3) is 9.51. The number of benzene rings is 3. The molecule has 0 saturated heterocycles. The van der Waals surface area contributed by atoms with Crippen LogP contribution in [0.15, 0.2) is 54.6 Å². The fourth-order valence-corrected chi connectivity index (χ4v) is 6.46. The lowest BCUT2D eigenvalue weighted by Crippen LogP contribution is -2.15. The maximum atomic E-state index is 15.3. The lowest BCUT2D eigenvalue weighted by Gasteiger charge is -2.28. The van der Waals surface area contributed by atoms with Crippen molar-refractivity contribution in [1.82, 2.24) is 0 Å². The van der Waals surface area contributed by atoms with E-state index in [9.17, 15) is 0 Å². The van der Waals surface area contributed by atoms with E-state index in [-0.39, 0.29) is 5.82 Å². The highest BCUT2D eigenvalue weighted by Crippen LogP contribution is 2.34. The minimum Gasteiger partial charge on any atom is -0.205 e. The first-order chi connectivity index (χ1) is 19.7. The molecule has 40 heavy (non-hydrogen) atoms. The molecule has 1 aliphatic rings. The highest BCUT2D eigenvalue weighted by molar-refractivity contribution is 5.85. The maximum Gasteiger partial charge on any atom is 0.146 e. The van der Waals surface area contributed by atoms with E-state index in [4.69, 9.17) is 0 Å². The van der Waals surface area contributed by atoms with E-state index in [1.165, 1.54) is 107 Å². The Kier molecular flexibility index (Phi) is 12.6. The molecule has 0 heterocycles. The van der Waals surface area contributed by atoms with Gasteiger partial charge in [0.1, 0.15) is 5.82 Å². The Morgan fingerprint density at radius 3 is 2.00 bits per heavy atom. The van der Waals surface area contributed by atoms with Gasteiger partial charge in [0.05, 0.1) is 5.56 Å². The number of halogens is 1. The van der Waals surface area contributed by atoms with Gasteiger partial charge in [-0.15, -0.1) is 0 Å². The molecular weight excluding hydrogens is 487 g/mol. The van der Waals surface area contributed by atoms with Crippen molar-refractivity contribution in [2.75, 3.05) is 0 Å². The molecule has 0 spiro atoms. The van der Waals surface area contributed by atoms with Crippen LogP contribution in [0, 0.1) is 29.5 Å². The molecule has 1 heteroatoms. The first kappa shape index (κ1) is 30.4. The fraction of sp³-hybridized carbons (Fsp3) is 0.538. The van der Waals surface area contributed by atoms with Crippen LogP contribution in [0.5, 0.6) is 0 Å². The minimum atomic E-state index is -0.202. The van der Waals surface area contributed by atoms with Crippen molar-refractivity contribution in [2.24, 2.45) is 11.8 Å². The highest BCUT2D eigenvalue weighted by Gasteiger charge is 2.20. The molecule has 0 bridgehead atoms. The van der Waals surface area contributed by atoms with Crippen LogP contribution in [0.1, 0.15) is 132 Å². The van der Waals surface area contributed by atoms with Crippen LogP contribution < -0.4 is 0 Å². The predicted molar refractivity (Wildman–Crippen MR) is 171 cm³/mol. The van der Waals surface area contributed by atoms with E-state index in [0.717, 1.165) is 35.6 Å². The molecule has 0 atom stereocenters. The fourth-order valence-electron chi connectivity index (χ4n) is 6.46. The number of fused-ring (bicyclic) bond motifs is 1. The van der Waals surface area contributed by atoms with Crippen LogP contribution >= 0.6 is 0 Å². The van der Waals surface area contributed by atoms with Crippen molar-refractivity contribution in [2.45, 2.75) is 123 Å². The minimum absolute atomic E-state index is 0.202. The molecule has 0 N–H and O–H groups in total. The highest BCUT2D eigenvalue weighted by atomic mass is 19.1. The molecule has 0 radical (unpaired) electrons. The van der Waals surface area contributed by atoms with Crippen molar-refractivity contribution < 1.29 is 4.39 Å². The monoisotopic (exact) mass is 538 g/mol. The molecule has 0 amide bonds. The van der Waals surface area contributed by atoms with Gasteiger partial charge in [0, 0.05) is 10.9 Å². The largest absolute Gasteiger partial charge is 0.205 e. The average Bonchev–Trinajstić information content (AvgIpc) is 2.99. The maximum absolute atomic E-state index is 15.3. The smallest absolute Gasteiger partial charge is 0.146 e. The van der Waals surface area contributed by atoms with E-state index in [1.807, 2.05) is 18.2 Å². The van der Waals surface area contributed by atoms with E-state index in [0.29, 0.717) is 10.9 Å². The van der Waals surface area contributed by atoms with Gasteiger partial charge in [0.25, 0.3) is 0 Å². The van der Waals surface area contributed by atoms with Gasteiger partial charge in [-0.2, -0.15) is 0 Å². The molecule has 0 unspecified atom stereocenters. The lowest BCUT2D eigenvalue weighted by molar-refractivity contribution is 0.249. The second-order valence-electron chi connectivity index (χ2n) is 12.4. The Balaban J connectivity index is 1.25. The van der Waals surface area contributed by atoms with Crippen LogP contribution in [0.25, 0.3) is 10.8 Å². The summed E-state index contributed by atoms with van der Waals surface area (Å²) >= 11 is 0. The number of hydrogen-bond donors (Lipinski definition) is 0. The molecular formula is C39H51F. The zero-order chi connectivity index (χ0) is 28.0. The molecule has 214 valence electrons. The summed E-state index contributed by atoms with van der Waals surface area (Å²) in [6, 6.07) is 18.6. The Morgan fingerprint density at radius 1 is 0.625 bits per heavy atom. The Hall–Kier alpha value is -2.59. The van der Waals surface area contributed by atoms with E-state index in [1.54, 1.807) is 0 Å². The van der Waals surface area contributed by atoms with Crippen LogP contribution in [0.2, 0.25) is 0 Å². The molecule has 3 aromatic rings. The molecule has 0 nitrogen and oxygen atoms in total. The van der Waals surface area contributed by atoms with Crippen molar-refractivity contribution in [3.63, 3.8) is 0 Å². The second-order valence-corrected chi connectivity index (χ2v) is 12.4. The summed E-state index contributed by atoms with van der Waals surface area (Å²) in [7, 11) is 0. The SMILES string of the molecule is CCCCCCCc1ccc2c(F)c(C#Cc3ccc(CCC4CCC(CCCCCC)CC4)cc3)ccc2c1. The van der Waals surface area contributed by atoms with E-state index >= 15 is 4.39 Å². The third-order valence-corrected chi connectivity index (χ3v) is 9.16. The molecule has 1 aliphatic carbocycles. The summed E-state index contributed by atoms with van der Waals surface area (Å²) < 4.78 is 15.3. The summed E-state index contributed by atoms with van der Waals surface area (Å²) in [5, 5.41) is 1.64. The van der Waals surface area contributed by atoms with E-state index in [2.05, 4.69) is 62.1 Å². The number of hydrogen-bond acceptors (Lipinski definition) is 0. The molecule has 0 aromatic heterocycles. The zero-order valence-corrected chi connectivity index (χ0v) is 25.2. The summed E-state index contributed by atoms with van der Waals surface area (Å²) in [4.78, 5) is 0. The molecule has 4 rings (SSSR count). The van der Waals surface area contributed by atoms with Crippen LogP contribution in [-0.2, 0) is 12.8 Å². The van der Waals surface area contributed by atoms with Crippen LogP contribution in [-0.4, -0.2) is 0 Å². The standard InChI is InChI=1S/C39H51F/c1-3-5-7-9-11-13-35-25-29-38-37(30-35)28-27-36(39(38)40)26-24-34-22-20-33(21-23-34)19-18-32-16-14-31(15-17-32)12-10-8-6-4-2/h20-23,25,27-32H,3-19H2,1-2H3. The average molecular weight is 539 g/mol. The normalized spacial score (nSPS) is 17.1. The molecule has 0 aliphatic heterocycles. The van der Waals surface area contributed by atoms with Crippen molar-refractivity contribution in [3.8, 4) is 11.8 Å². The summed E-state index contributed by atoms with van der Waals surface area (Å²) in [6.07, 6.45) is 22.7. The van der Waals surface area contributed by atoms with Crippen molar-refractivity contribution >= 4 is 10.8 Å². The predicted octanol–water partition coefficient (Wildman–Crippen LogP) is 11.6. The van der Waals surface area contributed by atoms with Crippen molar-refractivity contribution in [3.05, 3.63) is 82.7 Å². The van der Waals surface area contributed by atoms with Crippen LogP contribution in [0.3, 0.4) is 0 Å². The number of aryl methyl sites for hydroxylation is 2. The van der Waals surface area contributed by atoms with Gasteiger partial charge in [-0.25, -0.2) is 4.39 Å². The Morgan fingerprint density at radius 2 is 1.27 bits per heavy atom. The summed E-state index contributed by atoms with van der Waals surface area (Å²) in [6.45, 7) is 4.54. The van der Waals surface area contributed by atoms with Gasteiger partial charge >= 0.3 is 0 Å². The Bertz CT molecular complexity index is 1220. The quantitative estimate of drug-likeness (QED) is 0.141. The van der Waals surface area contributed by atoms with Crippen LogP contribution in [0.4, 0.5) is 4.39 Å². The Labute approximate surface area is 244 Å². The molecule has 1 fully saturated rings.